The van der Waals surface area contributed by atoms with Gasteiger partial charge in [0.2, 0.25) is 0 Å². The lowest BCUT2D eigenvalue weighted by molar-refractivity contribution is -0.894. The maximum Gasteiger partial charge on any atom is 0.146 e. The van der Waals surface area contributed by atoms with Crippen LogP contribution in [-0.4, -0.2) is 24.7 Å². The van der Waals surface area contributed by atoms with Crippen LogP contribution in [-0.2, 0) is 5.60 Å². The first kappa shape index (κ1) is 11.7. The Morgan fingerprint density at radius 2 is 1.89 bits per heavy atom. The number of likely N-dealkylation sites (tertiary alicyclic amines) is 1. The molecule has 2 N–H and O–H groups in total. The van der Waals surface area contributed by atoms with Gasteiger partial charge < -0.3 is 10.0 Å². The van der Waals surface area contributed by atoms with Crippen LogP contribution in [0.2, 0.25) is 0 Å². The van der Waals surface area contributed by atoms with Crippen LogP contribution in [0.5, 0.6) is 0 Å². The molecule has 2 aromatic rings. The molecule has 2 heteroatoms. The minimum absolute atomic E-state index is 0.249. The molecule has 2 aromatic carbocycles. The third kappa shape index (κ3) is 1.64. The Hall–Kier alpha value is -1.38. The van der Waals surface area contributed by atoms with E-state index in [2.05, 4.69) is 44.3 Å². The first-order valence-corrected chi connectivity index (χ1v) is 6.65. The van der Waals surface area contributed by atoms with Gasteiger partial charge in [-0.15, -0.1) is 0 Å². The lowest BCUT2D eigenvalue weighted by atomic mass is 9.86. The molecule has 0 aromatic heterocycles. The summed E-state index contributed by atoms with van der Waals surface area (Å²) in [5.74, 6) is 0. The van der Waals surface area contributed by atoms with E-state index in [1.165, 1.54) is 15.7 Å². The SMILES string of the molecule is C[C@H]1[NH+](C)CC[C@]1(O)c1ccc2ccccc2c1. The topological polar surface area (TPSA) is 24.7 Å². The molecule has 2 nitrogen and oxygen atoms in total. The van der Waals surface area contributed by atoms with Crippen molar-refractivity contribution in [2.24, 2.45) is 0 Å². The van der Waals surface area contributed by atoms with E-state index in [-0.39, 0.29) is 6.04 Å². The van der Waals surface area contributed by atoms with E-state index >= 15 is 0 Å². The Labute approximate surface area is 108 Å². The number of quaternary nitrogens is 1. The predicted octanol–water partition coefficient (Wildman–Crippen LogP) is 1.33. The molecule has 3 atom stereocenters. The van der Waals surface area contributed by atoms with Crippen LogP contribution < -0.4 is 4.90 Å². The number of hydrogen-bond acceptors (Lipinski definition) is 1. The Kier molecular flexibility index (Phi) is 2.65. The van der Waals surface area contributed by atoms with Gasteiger partial charge in [-0.1, -0.05) is 36.4 Å². The number of aliphatic hydroxyl groups is 1. The summed E-state index contributed by atoms with van der Waals surface area (Å²) in [5, 5.41) is 13.4. The number of fused-ring (bicyclic) bond motifs is 1. The molecule has 0 amide bonds. The smallest absolute Gasteiger partial charge is 0.146 e. The van der Waals surface area contributed by atoms with E-state index in [0.717, 1.165) is 18.5 Å². The van der Waals surface area contributed by atoms with Gasteiger partial charge in [-0.25, -0.2) is 0 Å². The summed E-state index contributed by atoms with van der Waals surface area (Å²) < 4.78 is 0. The van der Waals surface area contributed by atoms with Crippen LogP contribution in [0.1, 0.15) is 18.9 Å². The van der Waals surface area contributed by atoms with Crippen molar-refractivity contribution >= 4 is 10.8 Å². The van der Waals surface area contributed by atoms with Crippen molar-refractivity contribution in [3.8, 4) is 0 Å². The Morgan fingerprint density at radius 3 is 2.56 bits per heavy atom. The van der Waals surface area contributed by atoms with Crippen molar-refractivity contribution in [3.05, 3.63) is 48.0 Å². The zero-order valence-corrected chi connectivity index (χ0v) is 11.0. The molecule has 3 rings (SSSR count). The molecule has 0 spiro atoms. The molecule has 18 heavy (non-hydrogen) atoms. The van der Waals surface area contributed by atoms with Crippen LogP contribution >= 0.6 is 0 Å². The molecule has 1 aliphatic rings. The normalized spacial score (nSPS) is 31.9. The third-order valence-electron chi connectivity index (χ3n) is 4.61. The van der Waals surface area contributed by atoms with Crippen molar-refractivity contribution in [2.45, 2.75) is 25.0 Å². The molecule has 0 radical (unpaired) electrons. The van der Waals surface area contributed by atoms with Crippen LogP contribution in [0.15, 0.2) is 42.5 Å². The van der Waals surface area contributed by atoms with E-state index in [0.29, 0.717) is 0 Å². The highest BCUT2D eigenvalue weighted by atomic mass is 16.3. The molecule has 0 saturated carbocycles. The average Bonchev–Trinajstić information content (AvgIpc) is 2.67. The van der Waals surface area contributed by atoms with Gasteiger partial charge in [-0.3, -0.25) is 0 Å². The number of rotatable bonds is 1. The van der Waals surface area contributed by atoms with Crippen molar-refractivity contribution in [3.63, 3.8) is 0 Å². The van der Waals surface area contributed by atoms with Crippen molar-refractivity contribution < 1.29 is 10.0 Å². The molecule has 0 aliphatic carbocycles. The van der Waals surface area contributed by atoms with E-state index in [9.17, 15) is 5.11 Å². The molecular formula is C16H20NO+. The molecule has 94 valence electrons. The molecule has 0 bridgehead atoms. The Balaban J connectivity index is 2.09. The van der Waals surface area contributed by atoms with Crippen molar-refractivity contribution in [1.29, 1.82) is 0 Å². The molecular weight excluding hydrogens is 222 g/mol. The lowest BCUT2D eigenvalue weighted by Crippen LogP contribution is -3.11. The molecule has 1 unspecified atom stereocenters. The van der Waals surface area contributed by atoms with Gasteiger partial charge in [0.15, 0.2) is 0 Å². The minimum atomic E-state index is -0.673. The highest BCUT2D eigenvalue weighted by molar-refractivity contribution is 5.83. The second kappa shape index (κ2) is 4.08. The number of nitrogens with one attached hydrogen (secondary N) is 1. The fourth-order valence-electron chi connectivity index (χ4n) is 3.08. The van der Waals surface area contributed by atoms with Crippen LogP contribution in [0.4, 0.5) is 0 Å². The van der Waals surface area contributed by atoms with Gasteiger partial charge in [0.25, 0.3) is 0 Å². The van der Waals surface area contributed by atoms with Gasteiger partial charge in [0, 0.05) is 6.42 Å². The van der Waals surface area contributed by atoms with Crippen LogP contribution in [0, 0.1) is 0 Å². The number of likely N-dealkylation sites (N-methyl/N-ethyl adjacent to an activating group) is 1. The summed E-state index contributed by atoms with van der Waals surface area (Å²) in [6.45, 7) is 3.17. The maximum atomic E-state index is 10.9. The summed E-state index contributed by atoms with van der Waals surface area (Å²) in [6.07, 6.45) is 0.846. The van der Waals surface area contributed by atoms with Gasteiger partial charge in [-0.2, -0.15) is 0 Å². The summed E-state index contributed by atoms with van der Waals surface area (Å²) in [7, 11) is 2.16. The highest BCUT2D eigenvalue weighted by Gasteiger charge is 2.46. The van der Waals surface area contributed by atoms with E-state index in [1.54, 1.807) is 0 Å². The summed E-state index contributed by atoms with van der Waals surface area (Å²) >= 11 is 0. The Bertz CT molecular complexity index is 580. The lowest BCUT2D eigenvalue weighted by Gasteiger charge is -2.27. The second-order valence-corrected chi connectivity index (χ2v) is 5.55. The quantitative estimate of drug-likeness (QED) is 0.775. The fraction of sp³-hybridized carbons (Fsp3) is 0.375. The predicted molar refractivity (Wildman–Crippen MR) is 73.7 cm³/mol. The van der Waals surface area contributed by atoms with E-state index < -0.39 is 5.60 Å². The largest absolute Gasteiger partial charge is 0.379 e. The summed E-state index contributed by atoms with van der Waals surface area (Å²) in [4.78, 5) is 1.41. The average molecular weight is 242 g/mol. The maximum absolute atomic E-state index is 10.9. The second-order valence-electron chi connectivity index (χ2n) is 5.55. The van der Waals surface area contributed by atoms with Gasteiger partial charge in [-0.05, 0) is 29.3 Å². The first-order valence-electron chi connectivity index (χ1n) is 6.65. The summed E-state index contributed by atoms with van der Waals surface area (Å²) in [5.41, 5.74) is 0.388. The third-order valence-corrected chi connectivity index (χ3v) is 4.61. The minimum Gasteiger partial charge on any atom is -0.379 e. The fourth-order valence-corrected chi connectivity index (χ4v) is 3.08. The number of hydrogen-bond donors (Lipinski definition) is 2. The first-order chi connectivity index (χ1) is 8.61. The monoisotopic (exact) mass is 242 g/mol. The standard InChI is InChI=1S/C16H19NO/c1-12-16(18,9-10-17(12)2)15-8-7-13-5-3-4-6-14(13)11-15/h3-8,11-12,18H,9-10H2,1-2H3/p+1/t12-,16-/m1/s1. The van der Waals surface area contributed by atoms with E-state index in [4.69, 9.17) is 0 Å². The highest BCUT2D eigenvalue weighted by Crippen LogP contribution is 2.32. The zero-order valence-electron chi connectivity index (χ0n) is 11.0. The van der Waals surface area contributed by atoms with Gasteiger partial charge in [0.1, 0.15) is 11.6 Å². The van der Waals surface area contributed by atoms with Crippen LogP contribution in [0.3, 0.4) is 0 Å². The van der Waals surface area contributed by atoms with Gasteiger partial charge in [0.05, 0.1) is 13.6 Å². The number of benzene rings is 2. The molecule has 1 heterocycles. The molecule has 1 aliphatic heterocycles. The van der Waals surface area contributed by atoms with Crippen molar-refractivity contribution in [2.75, 3.05) is 13.6 Å². The van der Waals surface area contributed by atoms with Gasteiger partial charge >= 0.3 is 0 Å². The zero-order chi connectivity index (χ0) is 12.8. The summed E-state index contributed by atoms with van der Waals surface area (Å²) in [6, 6.07) is 14.9. The molecule has 1 saturated heterocycles. The van der Waals surface area contributed by atoms with E-state index in [1.807, 2.05) is 12.1 Å². The van der Waals surface area contributed by atoms with Crippen molar-refractivity contribution in [1.82, 2.24) is 0 Å². The van der Waals surface area contributed by atoms with Crippen LogP contribution in [0.25, 0.3) is 10.8 Å². The molecule has 1 fully saturated rings. The Morgan fingerprint density at radius 1 is 1.17 bits per heavy atom.